The van der Waals surface area contributed by atoms with Crippen LogP contribution in [-0.4, -0.2) is 42.9 Å². The van der Waals surface area contributed by atoms with Gasteiger partial charge in [-0.25, -0.2) is 4.79 Å². The molecule has 0 aromatic carbocycles. The second-order valence-corrected chi connectivity index (χ2v) is 5.51. The van der Waals surface area contributed by atoms with Crippen molar-refractivity contribution in [1.29, 1.82) is 5.41 Å². The number of hydrogen-bond donors (Lipinski definition) is 2. The molecule has 1 fully saturated rings. The van der Waals surface area contributed by atoms with Gasteiger partial charge in [-0.3, -0.25) is 10.2 Å². The van der Waals surface area contributed by atoms with E-state index in [1.54, 1.807) is 17.4 Å². The number of alkyl carbamates (subject to hydrolysis) is 1. The van der Waals surface area contributed by atoms with E-state index in [0.717, 1.165) is 18.0 Å². The van der Waals surface area contributed by atoms with Gasteiger partial charge >= 0.3 is 6.09 Å². The van der Waals surface area contributed by atoms with Gasteiger partial charge in [0, 0.05) is 24.2 Å². The number of likely N-dealkylation sites (N-methyl/N-ethyl adjacent to an activating group) is 1. The minimum absolute atomic E-state index is 0.0217. The number of thiophene rings is 1. The van der Waals surface area contributed by atoms with Crippen LogP contribution in [-0.2, 0) is 4.74 Å². The Kier molecular flexibility index (Phi) is 5.09. The van der Waals surface area contributed by atoms with Crippen LogP contribution < -0.4 is 5.32 Å². The maximum absolute atomic E-state index is 11.4. The summed E-state index contributed by atoms with van der Waals surface area (Å²) in [4.78, 5) is 14.5. The average Bonchev–Trinajstić information content (AvgIpc) is 2.87. The van der Waals surface area contributed by atoms with Crippen LogP contribution in [0.15, 0.2) is 35.9 Å². The summed E-state index contributed by atoms with van der Waals surface area (Å²) in [6.07, 6.45) is 5.97. The molecule has 0 aliphatic carbocycles. The lowest BCUT2D eigenvalue weighted by Gasteiger charge is -2.34. The van der Waals surface area contributed by atoms with Crippen LogP contribution in [0.3, 0.4) is 0 Å². The van der Waals surface area contributed by atoms with Gasteiger partial charge in [-0.2, -0.15) is 0 Å². The first-order valence-corrected chi connectivity index (χ1v) is 7.14. The molecule has 106 valence electrons. The molecular formula is C14H17N3O2S. The number of amides is 1. The van der Waals surface area contributed by atoms with Gasteiger partial charge < -0.3 is 10.1 Å². The molecule has 2 heterocycles. The SMILES string of the molecule is CN1CC(OC(=O)N/C=C\C(=N)/C=C/c2cccs2)C1. The van der Waals surface area contributed by atoms with E-state index in [0.29, 0.717) is 5.71 Å². The van der Waals surface area contributed by atoms with Gasteiger partial charge in [0.15, 0.2) is 0 Å². The van der Waals surface area contributed by atoms with Crippen molar-refractivity contribution in [2.24, 2.45) is 0 Å². The van der Waals surface area contributed by atoms with Crippen LogP contribution in [0.4, 0.5) is 4.79 Å². The number of nitrogens with zero attached hydrogens (tertiary/aromatic N) is 1. The van der Waals surface area contributed by atoms with E-state index in [1.165, 1.54) is 12.3 Å². The summed E-state index contributed by atoms with van der Waals surface area (Å²) in [6, 6.07) is 3.93. The van der Waals surface area contributed by atoms with Crippen molar-refractivity contribution in [1.82, 2.24) is 10.2 Å². The molecule has 2 rings (SSSR count). The van der Waals surface area contributed by atoms with Crippen molar-refractivity contribution in [3.8, 4) is 0 Å². The highest BCUT2D eigenvalue weighted by molar-refractivity contribution is 7.10. The smallest absolute Gasteiger partial charge is 0.411 e. The first-order valence-electron chi connectivity index (χ1n) is 6.26. The van der Waals surface area contributed by atoms with E-state index < -0.39 is 6.09 Å². The quantitative estimate of drug-likeness (QED) is 0.818. The zero-order chi connectivity index (χ0) is 14.4. The Morgan fingerprint density at radius 3 is 3.00 bits per heavy atom. The van der Waals surface area contributed by atoms with Crippen molar-refractivity contribution in [3.05, 3.63) is 40.7 Å². The lowest BCUT2D eigenvalue weighted by molar-refractivity contribution is 0.00209. The zero-order valence-electron chi connectivity index (χ0n) is 11.2. The molecule has 6 heteroatoms. The molecule has 1 saturated heterocycles. The van der Waals surface area contributed by atoms with Crippen molar-refractivity contribution in [2.45, 2.75) is 6.10 Å². The van der Waals surface area contributed by atoms with Gasteiger partial charge in [0.25, 0.3) is 0 Å². The first kappa shape index (κ1) is 14.5. The van der Waals surface area contributed by atoms with Crippen molar-refractivity contribution >= 4 is 29.2 Å². The lowest BCUT2D eigenvalue weighted by Crippen LogP contribution is -2.51. The predicted octanol–water partition coefficient (Wildman–Crippen LogP) is 2.33. The Morgan fingerprint density at radius 1 is 1.55 bits per heavy atom. The largest absolute Gasteiger partial charge is 0.443 e. The lowest BCUT2D eigenvalue weighted by atomic mass is 10.2. The number of allylic oxidation sites excluding steroid dienone is 2. The minimum Gasteiger partial charge on any atom is -0.443 e. The maximum atomic E-state index is 11.4. The summed E-state index contributed by atoms with van der Waals surface area (Å²) >= 11 is 1.61. The van der Waals surface area contributed by atoms with Crippen molar-refractivity contribution in [3.63, 3.8) is 0 Å². The van der Waals surface area contributed by atoms with E-state index in [4.69, 9.17) is 10.1 Å². The standard InChI is InChI=1S/C14H17N3O2S/c1-17-9-12(10-17)19-14(18)16-7-6-11(15)4-5-13-3-2-8-20-13/h2-8,12,15H,9-10H2,1H3,(H,16,18)/b5-4+,7-6-,15-11?. The molecule has 1 aliphatic rings. The highest BCUT2D eigenvalue weighted by Gasteiger charge is 2.26. The third-order valence-electron chi connectivity index (χ3n) is 2.74. The summed E-state index contributed by atoms with van der Waals surface area (Å²) in [5.74, 6) is 0. The maximum Gasteiger partial charge on any atom is 0.411 e. The summed E-state index contributed by atoms with van der Waals surface area (Å²) < 4.78 is 5.13. The van der Waals surface area contributed by atoms with Crippen LogP contribution in [0, 0.1) is 5.41 Å². The van der Waals surface area contributed by atoms with Crippen LogP contribution in [0.1, 0.15) is 4.88 Å². The molecule has 1 aromatic heterocycles. The molecule has 0 spiro atoms. The monoisotopic (exact) mass is 291 g/mol. The fourth-order valence-corrected chi connectivity index (χ4v) is 2.33. The van der Waals surface area contributed by atoms with Crippen LogP contribution >= 0.6 is 11.3 Å². The first-order chi connectivity index (χ1) is 9.63. The van der Waals surface area contributed by atoms with Gasteiger partial charge in [0.1, 0.15) is 6.10 Å². The van der Waals surface area contributed by atoms with Crippen molar-refractivity contribution in [2.75, 3.05) is 20.1 Å². The number of hydrogen-bond acceptors (Lipinski definition) is 5. The van der Waals surface area contributed by atoms with Gasteiger partial charge in [-0.15, -0.1) is 11.3 Å². The van der Waals surface area contributed by atoms with Crippen LogP contribution in [0.2, 0.25) is 0 Å². The molecule has 1 aliphatic heterocycles. The molecule has 0 unspecified atom stereocenters. The molecular weight excluding hydrogens is 274 g/mol. The average molecular weight is 291 g/mol. The number of carbonyl (C=O) groups excluding carboxylic acids is 1. The van der Waals surface area contributed by atoms with Crippen molar-refractivity contribution < 1.29 is 9.53 Å². The van der Waals surface area contributed by atoms with Gasteiger partial charge in [-0.05, 0) is 36.7 Å². The third kappa shape index (κ3) is 4.64. The number of ether oxygens (including phenoxy) is 1. The van der Waals surface area contributed by atoms with Gasteiger partial charge in [-0.1, -0.05) is 6.07 Å². The molecule has 0 bridgehead atoms. The highest BCUT2D eigenvalue weighted by atomic mass is 32.1. The van der Waals surface area contributed by atoms with E-state index in [1.807, 2.05) is 30.6 Å². The summed E-state index contributed by atoms with van der Waals surface area (Å²) in [5, 5.41) is 12.2. The Hall–Kier alpha value is -1.92. The predicted molar refractivity (Wildman–Crippen MR) is 81.1 cm³/mol. The Morgan fingerprint density at radius 2 is 2.35 bits per heavy atom. The number of nitrogens with one attached hydrogen (secondary N) is 2. The molecule has 0 atom stereocenters. The Bertz CT molecular complexity index is 517. The highest BCUT2D eigenvalue weighted by Crippen LogP contribution is 2.10. The van der Waals surface area contributed by atoms with E-state index in [2.05, 4.69) is 10.2 Å². The van der Waals surface area contributed by atoms with E-state index in [-0.39, 0.29) is 6.10 Å². The second-order valence-electron chi connectivity index (χ2n) is 4.53. The zero-order valence-corrected chi connectivity index (χ0v) is 12.0. The number of carbonyl (C=O) groups is 1. The number of likely N-dealkylation sites (tertiary alicyclic amines) is 1. The van der Waals surface area contributed by atoms with Crippen LogP contribution in [0.5, 0.6) is 0 Å². The number of rotatable bonds is 5. The fraction of sp³-hybridized carbons (Fsp3) is 0.286. The Balaban J connectivity index is 1.67. The second kappa shape index (κ2) is 7.02. The molecule has 20 heavy (non-hydrogen) atoms. The molecule has 2 N–H and O–H groups in total. The van der Waals surface area contributed by atoms with E-state index in [9.17, 15) is 4.79 Å². The Labute approximate surface area is 122 Å². The van der Waals surface area contributed by atoms with Crippen LogP contribution in [0.25, 0.3) is 6.08 Å². The normalized spacial score (nSPS) is 16.4. The molecule has 0 radical (unpaired) electrons. The van der Waals surface area contributed by atoms with E-state index >= 15 is 0 Å². The van der Waals surface area contributed by atoms with Gasteiger partial charge in [0.2, 0.25) is 0 Å². The third-order valence-corrected chi connectivity index (χ3v) is 3.58. The summed E-state index contributed by atoms with van der Waals surface area (Å²) in [5.41, 5.74) is 0.307. The summed E-state index contributed by atoms with van der Waals surface area (Å²) in [6.45, 7) is 1.55. The molecule has 5 nitrogen and oxygen atoms in total. The molecule has 0 saturated carbocycles. The molecule has 1 amide bonds. The minimum atomic E-state index is -0.477. The van der Waals surface area contributed by atoms with Gasteiger partial charge in [0.05, 0.1) is 5.71 Å². The molecule has 1 aromatic rings. The topological polar surface area (TPSA) is 65.4 Å². The summed E-state index contributed by atoms with van der Waals surface area (Å²) in [7, 11) is 1.97. The fourth-order valence-electron chi connectivity index (χ4n) is 1.71.